The Bertz CT molecular complexity index is 255. The summed E-state index contributed by atoms with van der Waals surface area (Å²) < 4.78 is 0. The molecular weight excluding hydrogens is 158 g/mol. The van der Waals surface area contributed by atoms with E-state index in [0.717, 1.165) is 0 Å². The van der Waals surface area contributed by atoms with Crippen molar-refractivity contribution in [1.82, 2.24) is 5.32 Å². The molecular formula is C12H19N. The second-order valence-corrected chi connectivity index (χ2v) is 3.08. The number of benzene rings is 1. The van der Waals surface area contributed by atoms with E-state index in [9.17, 15) is 0 Å². The topological polar surface area (TPSA) is 12.0 Å². The summed E-state index contributed by atoms with van der Waals surface area (Å²) in [6.07, 6.45) is 2.50. The van der Waals surface area contributed by atoms with Crippen LogP contribution in [0.4, 0.5) is 0 Å². The second-order valence-electron chi connectivity index (χ2n) is 3.08. The molecule has 1 aromatic rings. The number of rotatable bonds is 1. The molecule has 1 aliphatic carbocycles. The van der Waals surface area contributed by atoms with E-state index in [1.807, 2.05) is 20.9 Å². The zero-order chi connectivity index (χ0) is 9.68. The first-order chi connectivity index (χ1) is 6.42. The highest BCUT2D eigenvalue weighted by Crippen LogP contribution is 2.29. The third-order valence-electron chi connectivity index (χ3n) is 2.48. The number of hydrogen-bond donors (Lipinski definition) is 1. The van der Waals surface area contributed by atoms with Gasteiger partial charge in [-0.2, -0.15) is 0 Å². The maximum Gasteiger partial charge on any atom is 0.0323 e. The molecule has 0 saturated carbocycles. The van der Waals surface area contributed by atoms with Crippen molar-refractivity contribution in [1.29, 1.82) is 0 Å². The van der Waals surface area contributed by atoms with Gasteiger partial charge in [-0.1, -0.05) is 38.1 Å². The summed E-state index contributed by atoms with van der Waals surface area (Å²) in [6, 6.07) is 9.30. The minimum Gasteiger partial charge on any atom is -0.313 e. The standard InChI is InChI=1S/C10H13N.C2H6/c1-11-10-7-6-8-4-2-3-5-9(8)10;1-2/h2-5,10-11H,6-7H2,1H3;1-2H3. The fourth-order valence-corrected chi connectivity index (χ4v) is 1.86. The van der Waals surface area contributed by atoms with Gasteiger partial charge < -0.3 is 5.32 Å². The van der Waals surface area contributed by atoms with Crippen LogP contribution in [0.15, 0.2) is 24.3 Å². The van der Waals surface area contributed by atoms with Crippen LogP contribution in [-0.2, 0) is 6.42 Å². The van der Waals surface area contributed by atoms with Gasteiger partial charge in [0.15, 0.2) is 0 Å². The summed E-state index contributed by atoms with van der Waals surface area (Å²) in [5.74, 6) is 0. The van der Waals surface area contributed by atoms with E-state index >= 15 is 0 Å². The molecule has 0 heterocycles. The summed E-state index contributed by atoms with van der Waals surface area (Å²) in [5.41, 5.74) is 3.02. The van der Waals surface area contributed by atoms with Crippen LogP contribution in [0.2, 0.25) is 0 Å². The predicted molar refractivity (Wildman–Crippen MR) is 57.9 cm³/mol. The van der Waals surface area contributed by atoms with Crippen LogP contribution in [0.5, 0.6) is 0 Å². The van der Waals surface area contributed by atoms with Crippen LogP contribution >= 0.6 is 0 Å². The summed E-state index contributed by atoms with van der Waals surface area (Å²) in [5, 5.41) is 3.32. The lowest BCUT2D eigenvalue weighted by Gasteiger charge is -2.08. The van der Waals surface area contributed by atoms with Gasteiger partial charge in [0.05, 0.1) is 0 Å². The smallest absolute Gasteiger partial charge is 0.0323 e. The maximum atomic E-state index is 3.32. The van der Waals surface area contributed by atoms with Crippen molar-refractivity contribution in [3.63, 3.8) is 0 Å². The van der Waals surface area contributed by atoms with Gasteiger partial charge in [-0.25, -0.2) is 0 Å². The van der Waals surface area contributed by atoms with Crippen molar-refractivity contribution in [2.24, 2.45) is 0 Å². The molecule has 0 fully saturated rings. The lowest BCUT2D eigenvalue weighted by Crippen LogP contribution is -2.12. The Balaban J connectivity index is 0.000000396. The average molecular weight is 177 g/mol. The Morgan fingerprint density at radius 3 is 2.62 bits per heavy atom. The highest BCUT2D eigenvalue weighted by atomic mass is 14.9. The molecule has 0 spiro atoms. The van der Waals surface area contributed by atoms with Crippen LogP contribution < -0.4 is 5.32 Å². The Kier molecular flexibility index (Phi) is 3.97. The number of hydrogen-bond acceptors (Lipinski definition) is 1. The van der Waals surface area contributed by atoms with E-state index in [1.54, 1.807) is 0 Å². The van der Waals surface area contributed by atoms with Gasteiger partial charge in [-0.05, 0) is 31.0 Å². The number of nitrogens with one attached hydrogen (secondary N) is 1. The van der Waals surface area contributed by atoms with Crippen molar-refractivity contribution in [3.05, 3.63) is 35.4 Å². The van der Waals surface area contributed by atoms with Crippen molar-refractivity contribution in [3.8, 4) is 0 Å². The van der Waals surface area contributed by atoms with Crippen molar-refractivity contribution in [2.45, 2.75) is 32.7 Å². The highest BCUT2D eigenvalue weighted by molar-refractivity contribution is 5.34. The molecule has 2 rings (SSSR count). The third kappa shape index (κ3) is 2.10. The molecule has 72 valence electrons. The predicted octanol–water partition coefficient (Wildman–Crippen LogP) is 2.92. The molecule has 0 saturated heterocycles. The van der Waals surface area contributed by atoms with Crippen LogP contribution in [-0.4, -0.2) is 7.05 Å². The van der Waals surface area contributed by atoms with E-state index in [1.165, 1.54) is 24.0 Å². The number of aryl methyl sites for hydroxylation is 1. The van der Waals surface area contributed by atoms with E-state index in [4.69, 9.17) is 0 Å². The SMILES string of the molecule is CC.CNC1CCc2ccccc21. The van der Waals surface area contributed by atoms with E-state index in [-0.39, 0.29) is 0 Å². The van der Waals surface area contributed by atoms with E-state index in [2.05, 4.69) is 29.6 Å². The normalized spacial score (nSPS) is 18.8. The molecule has 1 aromatic carbocycles. The van der Waals surface area contributed by atoms with Crippen LogP contribution in [0.1, 0.15) is 37.4 Å². The van der Waals surface area contributed by atoms with Crippen LogP contribution in [0.3, 0.4) is 0 Å². The summed E-state index contributed by atoms with van der Waals surface area (Å²) >= 11 is 0. The molecule has 1 atom stereocenters. The second kappa shape index (κ2) is 5.03. The minimum absolute atomic E-state index is 0.603. The summed E-state index contributed by atoms with van der Waals surface area (Å²) in [6.45, 7) is 4.00. The lowest BCUT2D eigenvalue weighted by atomic mass is 10.1. The summed E-state index contributed by atoms with van der Waals surface area (Å²) in [4.78, 5) is 0. The molecule has 1 unspecified atom stereocenters. The van der Waals surface area contributed by atoms with Gasteiger partial charge in [0.25, 0.3) is 0 Å². The largest absolute Gasteiger partial charge is 0.313 e. The maximum absolute atomic E-state index is 3.32. The van der Waals surface area contributed by atoms with Crippen molar-refractivity contribution in [2.75, 3.05) is 7.05 Å². The third-order valence-corrected chi connectivity index (χ3v) is 2.48. The van der Waals surface area contributed by atoms with E-state index in [0.29, 0.717) is 6.04 Å². The van der Waals surface area contributed by atoms with Gasteiger partial charge in [0, 0.05) is 6.04 Å². The molecule has 0 amide bonds. The van der Waals surface area contributed by atoms with Crippen LogP contribution in [0.25, 0.3) is 0 Å². The van der Waals surface area contributed by atoms with Crippen LogP contribution in [0, 0.1) is 0 Å². The fraction of sp³-hybridized carbons (Fsp3) is 0.500. The van der Waals surface area contributed by atoms with Crippen molar-refractivity contribution < 1.29 is 0 Å². The zero-order valence-electron chi connectivity index (χ0n) is 8.80. The lowest BCUT2D eigenvalue weighted by molar-refractivity contribution is 0.590. The minimum atomic E-state index is 0.603. The first-order valence-corrected chi connectivity index (χ1v) is 5.17. The van der Waals surface area contributed by atoms with Gasteiger partial charge in [0.1, 0.15) is 0 Å². The Morgan fingerprint density at radius 2 is 1.92 bits per heavy atom. The Hall–Kier alpha value is -0.820. The first-order valence-electron chi connectivity index (χ1n) is 5.17. The van der Waals surface area contributed by atoms with E-state index < -0.39 is 0 Å². The molecule has 0 aromatic heterocycles. The molecule has 1 aliphatic rings. The quantitative estimate of drug-likeness (QED) is 0.695. The monoisotopic (exact) mass is 177 g/mol. The van der Waals surface area contributed by atoms with Gasteiger partial charge in [-0.15, -0.1) is 0 Å². The van der Waals surface area contributed by atoms with Crippen molar-refractivity contribution >= 4 is 0 Å². The summed E-state index contributed by atoms with van der Waals surface area (Å²) in [7, 11) is 2.03. The average Bonchev–Trinajstić information content (AvgIpc) is 2.64. The molecule has 0 bridgehead atoms. The first kappa shape index (κ1) is 10.3. The van der Waals surface area contributed by atoms with Gasteiger partial charge in [0.2, 0.25) is 0 Å². The Morgan fingerprint density at radius 1 is 1.23 bits per heavy atom. The molecule has 0 aliphatic heterocycles. The molecule has 13 heavy (non-hydrogen) atoms. The zero-order valence-corrected chi connectivity index (χ0v) is 8.80. The number of fused-ring (bicyclic) bond motifs is 1. The van der Waals surface area contributed by atoms with Gasteiger partial charge in [-0.3, -0.25) is 0 Å². The fourth-order valence-electron chi connectivity index (χ4n) is 1.86. The molecule has 1 heteroatoms. The molecule has 1 N–H and O–H groups in total. The molecule has 0 radical (unpaired) electrons. The van der Waals surface area contributed by atoms with Gasteiger partial charge >= 0.3 is 0 Å². The highest BCUT2D eigenvalue weighted by Gasteiger charge is 2.19. The Labute approximate surface area is 81.2 Å². The molecule has 1 nitrogen and oxygen atoms in total.